The molecule has 294 valence electrons. The van der Waals surface area contributed by atoms with E-state index < -0.39 is 5.41 Å². The van der Waals surface area contributed by atoms with Crippen LogP contribution in [0.25, 0.3) is 72.4 Å². The summed E-state index contributed by atoms with van der Waals surface area (Å²) in [6, 6.07) is 78.7. The lowest BCUT2D eigenvalue weighted by Crippen LogP contribution is -2.28. The monoisotopic (exact) mass is 792 g/mol. The summed E-state index contributed by atoms with van der Waals surface area (Å²) in [4.78, 5) is 5.03. The van der Waals surface area contributed by atoms with Crippen LogP contribution in [0.3, 0.4) is 0 Å². The van der Waals surface area contributed by atoms with Crippen LogP contribution in [0.4, 0.5) is 0 Å². The topological polar surface area (TPSA) is 17.8 Å². The van der Waals surface area contributed by atoms with Gasteiger partial charge in [0.1, 0.15) is 5.82 Å². The van der Waals surface area contributed by atoms with Gasteiger partial charge in [0.15, 0.2) is 0 Å². The van der Waals surface area contributed by atoms with E-state index in [9.17, 15) is 0 Å². The highest BCUT2D eigenvalue weighted by molar-refractivity contribution is 5.95. The molecule has 0 aliphatic heterocycles. The van der Waals surface area contributed by atoms with Crippen LogP contribution < -0.4 is 0 Å². The molecule has 0 unspecified atom stereocenters. The number of aromatic nitrogens is 2. The number of benzene rings is 9. The summed E-state index contributed by atoms with van der Waals surface area (Å²) >= 11 is 0. The number of imidazole rings is 1. The van der Waals surface area contributed by atoms with Gasteiger partial charge in [-0.15, -0.1) is 0 Å². The Hall–Kier alpha value is -7.55. The quantitative estimate of drug-likeness (QED) is 0.164. The molecule has 0 atom stereocenters. The zero-order chi connectivity index (χ0) is 41.6. The number of aryl methyl sites for hydroxylation is 1. The largest absolute Gasteiger partial charge is 0.297 e. The Labute approximate surface area is 363 Å². The van der Waals surface area contributed by atoms with E-state index >= 15 is 0 Å². The van der Waals surface area contributed by atoms with Gasteiger partial charge in [0.2, 0.25) is 0 Å². The molecule has 0 spiro atoms. The molecule has 0 saturated heterocycles. The SMILES string of the molecule is Cc1nc2cc(-c3ccc4c(c3)C(C)(C)c3cc5c(cc3-4)C(c3ccccc3)(c3ccccc3)c3cc(-c4ccccc4-c4ccccc4)ccc3-5)ccc2n1-c1ccccc1. The summed E-state index contributed by atoms with van der Waals surface area (Å²) in [7, 11) is 0. The molecular weight excluding hydrogens is 749 g/mol. The highest BCUT2D eigenvalue weighted by atomic mass is 15.1. The predicted molar refractivity (Wildman–Crippen MR) is 257 cm³/mol. The molecule has 2 aliphatic rings. The van der Waals surface area contributed by atoms with Crippen LogP contribution in [0.15, 0.2) is 212 Å². The van der Waals surface area contributed by atoms with Crippen LogP contribution in [0.1, 0.15) is 53.1 Å². The summed E-state index contributed by atoms with van der Waals surface area (Å²) in [6.07, 6.45) is 0. The third-order valence-corrected chi connectivity index (χ3v) is 13.8. The standard InChI is InChI=1S/C60H44N2/c1-39-61-57-36-42(30-33-58(57)62(39)46-24-14-7-15-25-46)41-28-31-49-51-38-56-52(37-54(51)59(2,3)53(49)34-41)50-32-29-43(48-27-17-16-26-47(48)40-18-8-4-9-19-40)35-55(50)60(56,44-20-10-5-11-21-44)45-22-12-6-13-23-45/h4-38H,1-3H3. The summed E-state index contributed by atoms with van der Waals surface area (Å²) in [5.41, 5.74) is 23.0. The van der Waals surface area contributed by atoms with Crippen molar-refractivity contribution in [3.05, 3.63) is 252 Å². The molecule has 0 N–H and O–H groups in total. The minimum absolute atomic E-state index is 0.218. The lowest BCUT2D eigenvalue weighted by atomic mass is 9.67. The lowest BCUT2D eigenvalue weighted by molar-refractivity contribution is 0.660. The zero-order valence-corrected chi connectivity index (χ0v) is 35.1. The summed E-state index contributed by atoms with van der Waals surface area (Å²) in [5, 5.41) is 0. The van der Waals surface area contributed by atoms with E-state index in [4.69, 9.17) is 4.98 Å². The van der Waals surface area contributed by atoms with Crippen LogP contribution >= 0.6 is 0 Å². The van der Waals surface area contributed by atoms with Gasteiger partial charge >= 0.3 is 0 Å². The Bertz CT molecular complexity index is 3320. The molecule has 0 radical (unpaired) electrons. The number of para-hydroxylation sites is 1. The number of hydrogen-bond donors (Lipinski definition) is 0. The van der Waals surface area contributed by atoms with Gasteiger partial charge in [-0.2, -0.15) is 0 Å². The molecule has 62 heavy (non-hydrogen) atoms. The van der Waals surface area contributed by atoms with Gasteiger partial charge in [0, 0.05) is 11.1 Å². The minimum Gasteiger partial charge on any atom is -0.297 e. The van der Waals surface area contributed by atoms with E-state index in [1.807, 2.05) is 0 Å². The molecule has 2 aliphatic carbocycles. The van der Waals surface area contributed by atoms with Crippen molar-refractivity contribution >= 4 is 11.0 Å². The lowest BCUT2D eigenvalue weighted by Gasteiger charge is -2.34. The third-order valence-electron chi connectivity index (χ3n) is 13.8. The number of hydrogen-bond acceptors (Lipinski definition) is 1. The zero-order valence-electron chi connectivity index (χ0n) is 35.1. The maximum absolute atomic E-state index is 5.03. The smallest absolute Gasteiger partial charge is 0.111 e. The van der Waals surface area contributed by atoms with Gasteiger partial charge in [0.05, 0.1) is 16.4 Å². The van der Waals surface area contributed by atoms with Gasteiger partial charge in [-0.05, 0) is 144 Å². The molecule has 9 aromatic carbocycles. The first-order valence-electron chi connectivity index (χ1n) is 21.7. The maximum atomic E-state index is 5.03. The molecule has 2 heteroatoms. The molecule has 0 amide bonds. The van der Waals surface area contributed by atoms with Crippen LogP contribution in [0.5, 0.6) is 0 Å². The second kappa shape index (κ2) is 13.7. The van der Waals surface area contributed by atoms with Gasteiger partial charge in [-0.25, -0.2) is 4.98 Å². The van der Waals surface area contributed by atoms with Crippen molar-refractivity contribution < 1.29 is 0 Å². The van der Waals surface area contributed by atoms with Crippen molar-refractivity contribution in [3.8, 4) is 61.3 Å². The first-order chi connectivity index (χ1) is 30.4. The second-order valence-electron chi connectivity index (χ2n) is 17.5. The van der Waals surface area contributed by atoms with Crippen LogP contribution in [0.2, 0.25) is 0 Å². The van der Waals surface area contributed by atoms with Crippen molar-refractivity contribution in [1.29, 1.82) is 0 Å². The normalized spacial score (nSPS) is 14.0. The second-order valence-corrected chi connectivity index (χ2v) is 17.5. The van der Waals surface area contributed by atoms with E-state index in [-0.39, 0.29) is 5.41 Å². The molecule has 0 saturated carbocycles. The Morgan fingerprint density at radius 1 is 0.371 bits per heavy atom. The van der Waals surface area contributed by atoms with Gasteiger partial charge in [-0.1, -0.05) is 178 Å². The molecule has 0 bridgehead atoms. The van der Waals surface area contributed by atoms with Crippen LogP contribution in [-0.2, 0) is 10.8 Å². The van der Waals surface area contributed by atoms with Crippen molar-refractivity contribution in [2.75, 3.05) is 0 Å². The molecule has 1 aromatic heterocycles. The van der Waals surface area contributed by atoms with E-state index in [0.717, 1.165) is 22.5 Å². The van der Waals surface area contributed by atoms with Gasteiger partial charge in [0.25, 0.3) is 0 Å². The fourth-order valence-electron chi connectivity index (χ4n) is 10.9. The van der Waals surface area contributed by atoms with Crippen LogP contribution in [-0.4, -0.2) is 9.55 Å². The van der Waals surface area contributed by atoms with Gasteiger partial charge < -0.3 is 0 Å². The predicted octanol–water partition coefficient (Wildman–Crippen LogP) is 15.0. The Morgan fingerprint density at radius 3 is 1.52 bits per heavy atom. The highest BCUT2D eigenvalue weighted by Crippen LogP contribution is 2.61. The fraction of sp³-hybridized carbons (Fsp3) is 0.0833. The molecule has 10 aromatic rings. The summed E-state index contributed by atoms with van der Waals surface area (Å²) in [6.45, 7) is 6.90. The molecule has 0 fully saturated rings. The maximum Gasteiger partial charge on any atom is 0.111 e. The molecule has 2 nitrogen and oxygen atoms in total. The van der Waals surface area contributed by atoms with Crippen molar-refractivity contribution in [2.45, 2.75) is 31.6 Å². The Kier molecular flexibility index (Phi) is 8.05. The van der Waals surface area contributed by atoms with E-state index in [1.165, 1.54) is 89.0 Å². The molecular formula is C60H44N2. The average molecular weight is 793 g/mol. The van der Waals surface area contributed by atoms with E-state index in [0.29, 0.717) is 0 Å². The first kappa shape index (κ1) is 36.3. The van der Waals surface area contributed by atoms with E-state index in [1.54, 1.807) is 0 Å². The van der Waals surface area contributed by atoms with Gasteiger partial charge in [-0.3, -0.25) is 4.57 Å². The summed E-state index contributed by atoms with van der Waals surface area (Å²) in [5.74, 6) is 0.985. The first-order valence-corrected chi connectivity index (χ1v) is 21.7. The Balaban J connectivity index is 1.04. The molecule has 12 rings (SSSR count). The van der Waals surface area contributed by atoms with Crippen LogP contribution in [0, 0.1) is 6.92 Å². The number of fused-ring (bicyclic) bond motifs is 7. The number of nitrogens with zero attached hydrogens (tertiary/aromatic N) is 2. The fourth-order valence-corrected chi connectivity index (χ4v) is 10.9. The average Bonchev–Trinajstić information content (AvgIpc) is 3.90. The van der Waals surface area contributed by atoms with Crippen molar-refractivity contribution in [3.63, 3.8) is 0 Å². The third kappa shape index (κ3) is 5.26. The molecule has 1 heterocycles. The van der Waals surface area contributed by atoms with Crippen molar-refractivity contribution in [2.24, 2.45) is 0 Å². The van der Waals surface area contributed by atoms with E-state index in [2.05, 4.69) is 238 Å². The summed E-state index contributed by atoms with van der Waals surface area (Å²) < 4.78 is 2.24. The minimum atomic E-state index is -0.538. The number of rotatable bonds is 6. The van der Waals surface area contributed by atoms with Crippen molar-refractivity contribution in [1.82, 2.24) is 9.55 Å². The Morgan fingerprint density at radius 2 is 0.839 bits per heavy atom. The highest BCUT2D eigenvalue weighted by Gasteiger charge is 2.48.